The molecule has 0 saturated carbocycles. The fourth-order valence-electron chi connectivity index (χ4n) is 3.59. The molecule has 194 valence electrons. The van der Waals surface area contributed by atoms with Gasteiger partial charge in [-0.3, -0.25) is 4.79 Å². The van der Waals surface area contributed by atoms with Crippen molar-refractivity contribution >= 4 is 38.3 Å². The van der Waals surface area contributed by atoms with Gasteiger partial charge in [0, 0.05) is 37.3 Å². The van der Waals surface area contributed by atoms with E-state index in [-0.39, 0.29) is 12.3 Å². The number of hydrogen-bond donors (Lipinski definition) is 2. The Hall–Kier alpha value is -3.99. The minimum Gasteiger partial charge on any atom is -0.454 e. The summed E-state index contributed by atoms with van der Waals surface area (Å²) in [6.45, 7) is 5.20. The Kier molecular flexibility index (Phi) is 7.17. The summed E-state index contributed by atoms with van der Waals surface area (Å²) in [6, 6.07) is 13.7. The topological polar surface area (TPSA) is 115 Å². The standard InChI is InChI=1S/C26H28FN5O4S/c1-17-6-5-7-19(14-17)36-22-9-8-18(15-20(22)27)31-24-23-21(29-16-30-24)10-12-32(23)13-11-28-25(33)26(2,3)37(4,34)35/h5-10,12,14-16H,11,13H2,1-4H3,(H,28,33)(H,29,30,31). The van der Waals surface area contributed by atoms with Crippen LogP contribution in [-0.2, 0) is 21.2 Å². The molecule has 0 saturated heterocycles. The van der Waals surface area contributed by atoms with Crippen molar-refractivity contribution < 1.29 is 22.3 Å². The number of amides is 1. The van der Waals surface area contributed by atoms with E-state index in [4.69, 9.17) is 4.74 Å². The second-order valence-corrected chi connectivity index (χ2v) is 11.8. The molecule has 0 unspecified atom stereocenters. The van der Waals surface area contributed by atoms with Crippen molar-refractivity contribution in [2.75, 3.05) is 18.1 Å². The van der Waals surface area contributed by atoms with E-state index >= 15 is 0 Å². The van der Waals surface area contributed by atoms with Crippen molar-refractivity contribution in [1.82, 2.24) is 19.9 Å². The highest BCUT2D eigenvalue weighted by molar-refractivity contribution is 7.92. The SMILES string of the molecule is Cc1cccc(Oc2ccc(Nc3ncnc4ccn(CCNC(=O)C(C)(C)S(C)(=O)=O)c34)cc2F)c1. The summed E-state index contributed by atoms with van der Waals surface area (Å²) in [5.74, 6) is -0.0282. The maximum absolute atomic E-state index is 14.8. The number of aryl methyl sites for hydroxylation is 1. The highest BCUT2D eigenvalue weighted by atomic mass is 32.2. The summed E-state index contributed by atoms with van der Waals surface area (Å²) >= 11 is 0. The molecule has 0 radical (unpaired) electrons. The Labute approximate surface area is 214 Å². The van der Waals surface area contributed by atoms with Crippen molar-refractivity contribution in [3.63, 3.8) is 0 Å². The molecule has 0 spiro atoms. The average molecular weight is 526 g/mol. The number of fused-ring (bicyclic) bond motifs is 1. The third kappa shape index (κ3) is 5.72. The first kappa shape index (κ1) is 26.1. The van der Waals surface area contributed by atoms with Crippen molar-refractivity contribution in [1.29, 1.82) is 0 Å². The van der Waals surface area contributed by atoms with E-state index in [0.29, 0.717) is 34.8 Å². The predicted molar refractivity (Wildman–Crippen MR) is 140 cm³/mol. The fraction of sp³-hybridized carbons (Fsp3) is 0.269. The third-order valence-electron chi connectivity index (χ3n) is 6.07. The number of benzene rings is 2. The lowest BCUT2D eigenvalue weighted by molar-refractivity contribution is -0.122. The zero-order valence-electron chi connectivity index (χ0n) is 20.9. The third-order valence-corrected chi connectivity index (χ3v) is 8.11. The van der Waals surface area contributed by atoms with E-state index in [1.54, 1.807) is 24.4 Å². The molecule has 2 N–H and O–H groups in total. The number of nitrogens with zero attached hydrogens (tertiary/aromatic N) is 3. The van der Waals surface area contributed by atoms with E-state index in [1.165, 1.54) is 32.3 Å². The summed E-state index contributed by atoms with van der Waals surface area (Å²) in [5, 5.41) is 5.80. The molecule has 2 aromatic carbocycles. The molecule has 2 aromatic heterocycles. The van der Waals surface area contributed by atoms with Crippen LogP contribution in [0.15, 0.2) is 61.1 Å². The monoisotopic (exact) mass is 525 g/mol. The van der Waals surface area contributed by atoms with E-state index < -0.39 is 26.3 Å². The van der Waals surface area contributed by atoms with Gasteiger partial charge in [0.1, 0.15) is 22.3 Å². The number of nitrogens with one attached hydrogen (secondary N) is 2. The number of carbonyl (C=O) groups is 1. The maximum atomic E-state index is 14.8. The Morgan fingerprint density at radius 1 is 1.14 bits per heavy atom. The van der Waals surface area contributed by atoms with Crippen LogP contribution in [0, 0.1) is 12.7 Å². The van der Waals surface area contributed by atoms with Gasteiger partial charge in [-0.05, 0) is 56.7 Å². The molecule has 9 nitrogen and oxygen atoms in total. The van der Waals surface area contributed by atoms with Crippen LogP contribution in [-0.4, -0.2) is 46.4 Å². The Morgan fingerprint density at radius 3 is 2.62 bits per heavy atom. The van der Waals surface area contributed by atoms with Gasteiger partial charge in [-0.15, -0.1) is 0 Å². The molecule has 2 heterocycles. The van der Waals surface area contributed by atoms with E-state index in [9.17, 15) is 17.6 Å². The number of rotatable bonds is 9. The van der Waals surface area contributed by atoms with Gasteiger partial charge in [0.2, 0.25) is 5.91 Å². The van der Waals surface area contributed by atoms with Gasteiger partial charge in [0.05, 0.1) is 5.52 Å². The number of hydrogen-bond acceptors (Lipinski definition) is 7. The Bertz CT molecular complexity index is 1570. The molecule has 0 aliphatic carbocycles. The van der Waals surface area contributed by atoms with Gasteiger partial charge >= 0.3 is 0 Å². The second kappa shape index (κ2) is 10.2. The van der Waals surface area contributed by atoms with Crippen LogP contribution < -0.4 is 15.4 Å². The Morgan fingerprint density at radius 2 is 1.92 bits per heavy atom. The first-order valence-corrected chi connectivity index (χ1v) is 13.4. The second-order valence-electron chi connectivity index (χ2n) is 9.19. The summed E-state index contributed by atoms with van der Waals surface area (Å²) in [7, 11) is -3.58. The molecule has 4 aromatic rings. The van der Waals surface area contributed by atoms with Crippen LogP contribution in [0.25, 0.3) is 11.0 Å². The van der Waals surface area contributed by atoms with Gasteiger partial charge in [0.25, 0.3) is 0 Å². The number of halogens is 1. The summed E-state index contributed by atoms with van der Waals surface area (Å²) in [5.41, 5.74) is 2.77. The van der Waals surface area contributed by atoms with Crippen LogP contribution in [0.5, 0.6) is 11.5 Å². The summed E-state index contributed by atoms with van der Waals surface area (Å²) in [4.78, 5) is 21.0. The summed E-state index contributed by atoms with van der Waals surface area (Å²) in [6.07, 6.45) is 4.22. The van der Waals surface area contributed by atoms with E-state index in [0.717, 1.165) is 11.8 Å². The lowest BCUT2D eigenvalue weighted by Gasteiger charge is -2.21. The predicted octanol–water partition coefficient (Wildman–Crippen LogP) is 4.35. The molecule has 0 fully saturated rings. The maximum Gasteiger partial charge on any atom is 0.240 e. The van der Waals surface area contributed by atoms with Crippen molar-refractivity contribution in [2.45, 2.75) is 32.1 Å². The molecule has 37 heavy (non-hydrogen) atoms. The van der Waals surface area contributed by atoms with Gasteiger partial charge in [-0.2, -0.15) is 0 Å². The van der Waals surface area contributed by atoms with Gasteiger partial charge in [-0.1, -0.05) is 12.1 Å². The number of sulfone groups is 1. The zero-order chi connectivity index (χ0) is 26.8. The quantitative estimate of drug-likeness (QED) is 0.334. The minimum atomic E-state index is -3.58. The van der Waals surface area contributed by atoms with Crippen molar-refractivity contribution in [3.8, 4) is 11.5 Å². The molecule has 11 heteroatoms. The van der Waals surface area contributed by atoms with Crippen LogP contribution in [0.1, 0.15) is 19.4 Å². The lowest BCUT2D eigenvalue weighted by atomic mass is 10.2. The van der Waals surface area contributed by atoms with E-state index in [1.807, 2.05) is 29.7 Å². The molecule has 0 bridgehead atoms. The molecule has 4 rings (SSSR count). The molecular weight excluding hydrogens is 497 g/mol. The summed E-state index contributed by atoms with van der Waals surface area (Å²) < 4.78 is 44.6. The van der Waals surface area contributed by atoms with Crippen LogP contribution in [0.4, 0.5) is 15.9 Å². The minimum absolute atomic E-state index is 0.0973. The first-order valence-electron chi connectivity index (χ1n) is 11.5. The van der Waals surface area contributed by atoms with Crippen LogP contribution >= 0.6 is 0 Å². The van der Waals surface area contributed by atoms with Crippen LogP contribution in [0.2, 0.25) is 0 Å². The van der Waals surface area contributed by atoms with Crippen LogP contribution in [0.3, 0.4) is 0 Å². The van der Waals surface area contributed by atoms with Crippen molar-refractivity contribution in [3.05, 3.63) is 72.4 Å². The number of aromatic nitrogens is 3. The van der Waals surface area contributed by atoms with Gasteiger partial charge < -0.3 is 19.9 Å². The van der Waals surface area contributed by atoms with E-state index in [2.05, 4.69) is 20.6 Å². The lowest BCUT2D eigenvalue weighted by Crippen LogP contribution is -2.48. The van der Waals surface area contributed by atoms with Gasteiger partial charge in [0.15, 0.2) is 27.2 Å². The highest BCUT2D eigenvalue weighted by Crippen LogP contribution is 2.30. The normalized spacial score (nSPS) is 11.9. The van der Waals surface area contributed by atoms with Gasteiger partial charge in [-0.25, -0.2) is 22.8 Å². The fourth-order valence-corrected chi connectivity index (χ4v) is 3.99. The van der Waals surface area contributed by atoms with Crippen molar-refractivity contribution in [2.24, 2.45) is 0 Å². The zero-order valence-corrected chi connectivity index (χ0v) is 21.8. The molecular formula is C26H28FN5O4S. The number of anilines is 2. The smallest absolute Gasteiger partial charge is 0.240 e. The number of ether oxygens (including phenoxy) is 1. The largest absolute Gasteiger partial charge is 0.454 e. The average Bonchev–Trinajstić information content (AvgIpc) is 3.24. The molecule has 0 aliphatic heterocycles. The Balaban J connectivity index is 1.50. The highest BCUT2D eigenvalue weighted by Gasteiger charge is 2.38. The molecule has 1 amide bonds. The first-order chi connectivity index (χ1) is 17.5. The molecule has 0 atom stereocenters. The molecule has 0 aliphatic rings. The number of carbonyl (C=O) groups excluding carboxylic acids is 1.